The third-order valence-corrected chi connectivity index (χ3v) is 7.33. The van der Waals surface area contributed by atoms with Crippen LogP contribution in [0.4, 0.5) is 18.9 Å². The van der Waals surface area contributed by atoms with Gasteiger partial charge in [-0.05, 0) is 43.5 Å². The number of alkyl halides is 3. The number of aromatic amines is 1. The molecule has 0 atom stereocenters. The molecule has 1 amide bonds. The number of anilines is 1. The summed E-state index contributed by atoms with van der Waals surface area (Å²) in [6.07, 6.45) is -2.70. The second kappa shape index (κ2) is 11.1. The summed E-state index contributed by atoms with van der Waals surface area (Å²) in [7, 11) is 0. The highest BCUT2D eigenvalue weighted by atomic mass is 19.4. The molecule has 0 radical (unpaired) electrons. The van der Waals surface area contributed by atoms with Gasteiger partial charge < -0.3 is 9.88 Å². The van der Waals surface area contributed by atoms with Crippen molar-refractivity contribution in [2.75, 3.05) is 18.0 Å². The number of nitrogens with zero attached hydrogens (tertiary/aromatic N) is 3. The molecule has 0 unspecified atom stereocenters. The summed E-state index contributed by atoms with van der Waals surface area (Å²) in [5.74, 6) is 0.582. The maximum Gasteiger partial charge on any atom is 0.416 e. The molecule has 1 N–H and O–H groups in total. The van der Waals surface area contributed by atoms with Crippen molar-refractivity contribution in [3.63, 3.8) is 0 Å². The van der Waals surface area contributed by atoms with Gasteiger partial charge in [0.15, 0.2) is 0 Å². The lowest BCUT2D eigenvalue weighted by Gasteiger charge is -2.38. The number of aryl methyl sites for hydroxylation is 1. The summed E-state index contributed by atoms with van der Waals surface area (Å²) < 4.78 is 39.2. The lowest BCUT2D eigenvalue weighted by molar-refractivity contribution is -0.137. The number of hydrogen-bond acceptors (Lipinski definition) is 3. The van der Waals surface area contributed by atoms with Gasteiger partial charge in [0, 0.05) is 49.4 Å². The first-order valence-corrected chi connectivity index (χ1v) is 13.1. The quantitative estimate of drug-likeness (QED) is 0.289. The molecule has 8 heteroatoms. The highest BCUT2D eigenvalue weighted by Gasteiger charge is 2.31. The second-order valence-electron chi connectivity index (χ2n) is 10.0. The molecule has 1 aliphatic heterocycles. The van der Waals surface area contributed by atoms with Gasteiger partial charge in [-0.1, -0.05) is 60.7 Å². The number of likely N-dealkylation sites (tertiary alicyclic amines) is 1. The zero-order valence-corrected chi connectivity index (χ0v) is 22.0. The number of amides is 1. The molecular weight excluding hydrogens is 501 g/mol. The predicted molar refractivity (Wildman–Crippen MR) is 147 cm³/mol. The highest BCUT2D eigenvalue weighted by Crippen LogP contribution is 2.33. The summed E-state index contributed by atoms with van der Waals surface area (Å²) in [5.41, 5.74) is 4.60. The molecule has 39 heavy (non-hydrogen) atoms. The molecule has 1 aromatic heterocycles. The lowest BCUT2D eigenvalue weighted by atomic mass is 10.0. The summed E-state index contributed by atoms with van der Waals surface area (Å²) in [6.45, 7) is 5.89. The molecule has 4 aromatic rings. The zero-order valence-electron chi connectivity index (χ0n) is 22.0. The molecular formula is C31H31F3N4O. The number of rotatable bonds is 6. The van der Waals surface area contributed by atoms with Crippen LogP contribution in [0.1, 0.15) is 36.6 Å². The van der Waals surface area contributed by atoms with E-state index in [9.17, 15) is 18.0 Å². The van der Waals surface area contributed by atoms with Gasteiger partial charge in [0.1, 0.15) is 5.82 Å². The fourth-order valence-corrected chi connectivity index (χ4v) is 5.33. The van der Waals surface area contributed by atoms with Crippen molar-refractivity contribution in [3.8, 4) is 22.6 Å². The molecule has 0 bridgehead atoms. The average molecular weight is 533 g/mol. The Labute approximate surface area is 226 Å². The molecule has 0 saturated carbocycles. The Morgan fingerprint density at radius 2 is 1.59 bits per heavy atom. The summed E-state index contributed by atoms with van der Waals surface area (Å²) >= 11 is 0. The lowest BCUT2D eigenvalue weighted by Crippen LogP contribution is -2.47. The minimum atomic E-state index is -4.38. The summed E-state index contributed by atoms with van der Waals surface area (Å²) in [6, 6.07) is 23.0. The second-order valence-corrected chi connectivity index (χ2v) is 10.0. The van der Waals surface area contributed by atoms with E-state index in [1.54, 1.807) is 6.92 Å². The monoisotopic (exact) mass is 532 g/mol. The fraction of sp³-hybridized carbons (Fsp3) is 0.290. The van der Waals surface area contributed by atoms with Crippen molar-refractivity contribution in [2.45, 2.75) is 45.5 Å². The van der Waals surface area contributed by atoms with E-state index in [0.29, 0.717) is 17.9 Å². The number of benzene rings is 3. The number of carbonyl (C=O) groups excluding carboxylic acids is 1. The molecule has 202 valence electrons. The van der Waals surface area contributed by atoms with Crippen LogP contribution in [0, 0.1) is 6.92 Å². The van der Waals surface area contributed by atoms with Gasteiger partial charge in [0.25, 0.3) is 0 Å². The molecule has 2 heterocycles. The first kappa shape index (κ1) is 26.7. The van der Waals surface area contributed by atoms with E-state index in [0.717, 1.165) is 66.3 Å². The zero-order chi connectivity index (χ0) is 27.6. The minimum Gasteiger partial charge on any atom is -0.340 e. The topological polar surface area (TPSA) is 52.2 Å². The van der Waals surface area contributed by atoms with Crippen LogP contribution in [0.15, 0.2) is 78.9 Å². The largest absolute Gasteiger partial charge is 0.416 e. The standard InChI is InChI=1S/C31H31F3N4O/c1-21-8-6-7-11-28(21)38(22(2)39)26-16-18-37(19-17-26)20-27-29(23-9-4-3-5-10-23)36-30(35-27)24-12-14-25(15-13-24)31(32,33)34/h3-15,26H,16-20H2,1-2H3,(H,35,36). The van der Waals surface area contributed by atoms with Gasteiger partial charge in [-0.15, -0.1) is 0 Å². The number of piperidine rings is 1. The number of nitrogens with one attached hydrogen (secondary N) is 1. The molecule has 0 spiro atoms. The Balaban J connectivity index is 1.36. The first-order valence-electron chi connectivity index (χ1n) is 13.1. The van der Waals surface area contributed by atoms with Crippen molar-refractivity contribution < 1.29 is 18.0 Å². The smallest absolute Gasteiger partial charge is 0.340 e. The maximum atomic E-state index is 13.1. The predicted octanol–water partition coefficient (Wildman–Crippen LogP) is 7.09. The maximum absolute atomic E-state index is 13.1. The number of imidazole rings is 1. The van der Waals surface area contributed by atoms with Crippen molar-refractivity contribution in [3.05, 3.63) is 95.7 Å². The van der Waals surface area contributed by atoms with E-state index in [1.165, 1.54) is 12.1 Å². The Morgan fingerprint density at radius 1 is 0.949 bits per heavy atom. The molecule has 1 saturated heterocycles. The van der Waals surface area contributed by atoms with Gasteiger partial charge in [-0.2, -0.15) is 13.2 Å². The number of hydrogen-bond donors (Lipinski definition) is 1. The molecule has 5 rings (SSSR count). The van der Waals surface area contributed by atoms with Gasteiger partial charge in [-0.3, -0.25) is 9.69 Å². The average Bonchev–Trinajstić information content (AvgIpc) is 3.34. The molecule has 1 fully saturated rings. The number of H-pyrrole nitrogens is 1. The fourth-order valence-electron chi connectivity index (χ4n) is 5.33. The van der Waals surface area contributed by atoms with Crippen LogP contribution in [0.2, 0.25) is 0 Å². The Kier molecular flexibility index (Phi) is 7.57. The number of aromatic nitrogens is 2. The van der Waals surface area contributed by atoms with E-state index in [-0.39, 0.29) is 11.9 Å². The normalized spacial score (nSPS) is 14.9. The van der Waals surface area contributed by atoms with E-state index >= 15 is 0 Å². The molecule has 3 aromatic carbocycles. The summed E-state index contributed by atoms with van der Waals surface area (Å²) in [4.78, 5) is 25.1. The van der Waals surface area contributed by atoms with Crippen LogP contribution in [0.3, 0.4) is 0 Å². The van der Waals surface area contributed by atoms with Crippen LogP contribution in [0.5, 0.6) is 0 Å². The third kappa shape index (κ3) is 5.91. The van der Waals surface area contributed by atoms with Crippen molar-refractivity contribution in [1.82, 2.24) is 14.9 Å². The van der Waals surface area contributed by atoms with Crippen molar-refractivity contribution in [1.29, 1.82) is 0 Å². The Hall–Kier alpha value is -3.91. The Morgan fingerprint density at radius 3 is 2.21 bits per heavy atom. The van der Waals surface area contributed by atoms with E-state index in [1.807, 2.05) is 66.4 Å². The van der Waals surface area contributed by atoms with Crippen molar-refractivity contribution >= 4 is 11.6 Å². The number of halogens is 3. The van der Waals surface area contributed by atoms with Gasteiger partial charge >= 0.3 is 6.18 Å². The number of para-hydroxylation sites is 1. The van der Waals surface area contributed by atoms with Crippen LogP contribution >= 0.6 is 0 Å². The molecule has 0 aliphatic carbocycles. The van der Waals surface area contributed by atoms with Crippen LogP contribution < -0.4 is 4.90 Å². The van der Waals surface area contributed by atoms with Crippen LogP contribution in [-0.2, 0) is 17.5 Å². The molecule has 5 nitrogen and oxygen atoms in total. The molecule has 1 aliphatic rings. The first-order chi connectivity index (χ1) is 18.7. The summed E-state index contributed by atoms with van der Waals surface area (Å²) in [5, 5.41) is 0. The van der Waals surface area contributed by atoms with Crippen LogP contribution in [-0.4, -0.2) is 39.9 Å². The third-order valence-electron chi connectivity index (χ3n) is 7.33. The Bertz CT molecular complexity index is 1420. The van der Waals surface area contributed by atoms with Crippen LogP contribution in [0.25, 0.3) is 22.6 Å². The SMILES string of the molecule is CC(=O)N(c1ccccc1C)C1CCN(Cc2[nH]c(-c3ccc(C(F)(F)F)cc3)nc2-c2ccccc2)CC1. The van der Waals surface area contributed by atoms with Crippen molar-refractivity contribution in [2.24, 2.45) is 0 Å². The van der Waals surface area contributed by atoms with Gasteiger partial charge in [0.2, 0.25) is 5.91 Å². The van der Waals surface area contributed by atoms with E-state index < -0.39 is 11.7 Å². The minimum absolute atomic E-state index is 0.0452. The van der Waals surface area contributed by atoms with Gasteiger partial charge in [0.05, 0.1) is 17.0 Å². The van der Waals surface area contributed by atoms with E-state index in [4.69, 9.17) is 4.98 Å². The van der Waals surface area contributed by atoms with Gasteiger partial charge in [-0.25, -0.2) is 4.98 Å². The van der Waals surface area contributed by atoms with E-state index in [2.05, 4.69) is 9.88 Å². The number of carbonyl (C=O) groups is 1. The highest BCUT2D eigenvalue weighted by molar-refractivity contribution is 5.93.